The molecule has 44 heavy (non-hydrogen) atoms. The molecule has 9 unspecified atom stereocenters. The first-order valence-electron chi connectivity index (χ1n) is 18.6. The van der Waals surface area contributed by atoms with E-state index in [0.717, 1.165) is 44.1 Å². The van der Waals surface area contributed by atoms with E-state index in [4.69, 9.17) is 0 Å². The van der Waals surface area contributed by atoms with E-state index >= 15 is 0 Å². The number of carbonyl (C=O) groups is 2. The molecule has 0 saturated heterocycles. The van der Waals surface area contributed by atoms with Crippen molar-refractivity contribution < 1.29 is 14.7 Å². The van der Waals surface area contributed by atoms with Crippen LogP contribution >= 0.6 is 0 Å². The minimum Gasteiger partial charge on any atom is -0.481 e. The molecule has 4 nitrogen and oxygen atoms in total. The van der Waals surface area contributed by atoms with Gasteiger partial charge < -0.3 is 10.4 Å². The van der Waals surface area contributed by atoms with Crippen LogP contribution in [0, 0.1) is 63.6 Å². The maximum Gasteiger partial charge on any atom is 0.306 e. The zero-order chi connectivity index (χ0) is 31.0. The van der Waals surface area contributed by atoms with Crippen molar-refractivity contribution in [3.63, 3.8) is 0 Å². The first-order valence-corrected chi connectivity index (χ1v) is 18.6. The number of carbonyl (C=O) groups excluding carboxylic acids is 1. The lowest BCUT2D eigenvalue weighted by molar-refractivity contribution is -0.147. The summed E-state index contributed by atoms with van der Waals surface area (Å²) in [6.45, 7) is 14.6. The predicted molar refractivity (Wildman–Crippen MR) is 177 cm³/mol. The first kappa shape index (κ1) is 30.9. The predicted octanol–water partition coefficient (Wildman–Crippen LogP) is 8.92. The van der Waals surface area contributed by atoms with Crippen LogP contribution in [-0.2, 0) is 9.59 Å². The Hall–Kier alpha value is -1.68. The Morgan fingerprint density at radius 2 is 1.77 bits per heavy atom. The largest absolute Gasteiger partial charge is 0.481 e. The highest BCUT2D eigenvalue weighted by Crippen LogP contribution is 2.72. The van der Waals surface area contributed by atoms with Crippen molar-refractivity contribution in [2.24, 2.45) is 63.6 Å². The number of aliphatic carboxylic acids is 1. The number of hydrogen-bond donors (Lipinski definition) is 2. The molecule has 0 aromatic carbocycles. The maximum atomic E-state index is 13.7. The molecule has 7 aliphatic rings. The summed E-state index contributed by atoms with van der Waals surface area (Å²) in [5, 5.41) is 13.3. The van der Waals surface area contributed by atoms with Gasteiger partial charge in [-0.15, -0.1) is 0 Å². The first-order chi connectivity index (χ1) is 21.0. The van der Waals surface area contributed by atoms with Crippen LogP contribution in [0.5, 0.6) is 0 Å². The van der Waals surface area contributed by atoms with Gasteiger partial charge in [0.1, 0.15) is 0 Å². The smallest absolute Gasteiger partial charge is 0.306 e. The standard InChI is InChI=1S/C40H59NO3/c1-24(2)35-33(42)22-40(20-21-41-23-26-6-7-26)19-16-32-30(36(35)40)12-13-34-38(4)17-14-29(25(3)31(38)15-18-39(32,34)5)27-8-10-28(11-9-27)37(43)44/h8,14,24-26,28,30-32,34,41H,6-7,9-13,15-23H2,1-5H3,(H,43,44). The molecule has 0 aliphatic heterocycles. The fourth-order valence-corrected chi connectivity index (χ4v) is 12.7. The van der Waals surface area contributed by atoms with Gasteiger partial charge in [0.15, 0.2) is 5.78 Å². The van der Waals surface area contributed by atoms with Gasteiger partial charge >= 0.3 is 5.97 Å². The molecule has 4 saturated carbocycles. The van der Waals surface area contributed by atoms with E-state index in [0.29, 0.717) is 52.6 Å². The molecule has 7 rings (SSSR count). The van der Waals surface area contributed by atoms with Crippen molar-refractivity contribution in [2.45, 2.75) is 125 Å². The molecule has 4 fully saturated rings. The Morgan fingerprint density at radius 1 is 1.00 bits per heavy atom. The van der Waals surface area contributed by atoms with Gasteiger partial charge in [0.25, 0.3) is 0 Å². The van der Waals surface area contributed by atoms with Gasteiger partial charge in [0, 0.05) is 11.8 Å². The Labute approximate surface area is 267 Å². The number of carboxylic acids is 1. The Kier molecular flexibility index (Phi) is 7.90. The lowest BCUT2D eigenvalue weighted by atomic mass is 9.38. The van der Waals surface area contributed by atoms with Crippen LogP contribution in [-0.4, -0.2) is 29.9 Å². The van der Waals surface area contributed by atoms with Crippen molar-refractivity contribution in [1.82, 2.24) is 5.32 Å². The van der Waals surface area contributed by atoms with Gasteiger partial charge in [-0.1, -0.05) is 52.3 Å². The van der Waals surface area contributed by atoms with Crippen molar-refractivity contribution in [1.29, 1.82) is 0 Å². The van der Waals surface area contributed by atoms with Crippen molar-refractivity contribution in [3.8, 4) is 0 Å². The number of hydrogen-bond acceptors (Lipinski definition) is 3. The fourth-order valence-electron chi connectivity index (χ4n) is 12.7. The zero-order valence-corrected chi connectivity index (χ0v) is 28.4. The Balaban J connectivity index is 1.15. The fraction of sp³-hybridized carbons (Fsp3) is 0.800. The zero-order valence-electron chi connectivity index (χ0n) is 28.4. The molecule has 0 amide bonds. The van der Waals surface area contributed by atoms with Crippen LogP contribution in [0.3, 0.4) is 0 Å². The molecule has 9 atom stereocenters. The molecule has 7 aliphatic carbocycles. The van der Waals surface area contributed by atoms with Crippen molar-refractivity contribution in [3.05, 3.63) is 34.4 Å². The SMILES string of the molecule is CC(C)C1=C2C3CCC4C5(C)CC=C(C6=CCC(C(=O)O)CC6)C(C)C5CCC4(C)C3CCC2(CCNCC2CC2)CC1=O. The molecular formula is C40H59NO3. The molecule has 0 radical (unpaired) electrons. The molecule has 0 spiro atoms. The van der Waals surface area contributed by atoms with Gasteiger partial charge in [-0.2, -0.15) is 0 Å². The maximum absolute atomic E-state index is 13.7. The third-order valence-corrected chi connectivity index (χ3v) is 15.0. The lowest BCUT2D eigenvalue weighted by Gasteiger charge is -2.66. The topological polar surface area (TPSA) is 66.4 Å². The van der Waals surface area contributed by atoms with E-state index in [1.165, 1.54) is 75.5 Å². The van der Waals surface area contributed by atoms with Gasteiger partial charge in [0.2, 0.25) is 0 Å². The number of fused-ring (bicyclic) bond motifs is 7. The highest BCUT2D eigenvalue weighted by Gasteiger charge is 2.64. The molecule has 242 valence electrons. The van der Waals surface area contributed by atoms with E-state index in [2.05, 4.69) is 52.1 Å². The molecule has 0 bridgehead atoms. The summed E-state index contributed by atoms with van der Waals surface area (Å²) in [5.74, 6) is 4.16. The normalized spacial score (nSPS) is 43.5. The highest BCUT2D eigenvalue weighted by atomic mass is 16.4. The van der Waals surface area contributed by atoms with Crippen LogP contribution in [0.4, 0.5) is 0 Å². The third kappa shape index (κ3) is 4.85. The summed E-state index contributed by atoms with van der Waals surface area (Å²) in [6, 6.07) is 0. The van der Waals surface area contributed by atoms with Gasteiger partial charge in [-0.3, -0.25) is 9.59 Å². The monoisotopic (exact) mass is 601 g/mol. The second-order valence-electron chi connectivity index (χ2n) is 17.5. The van der Waals surface area contributed by atoms with Crippen molar-refractivity contribution >= 4 is 11.8 Å². The molecular weight excluding hydrogens is 542 g/mol. The van der Waals surface area contributed by atoms with Gasteiger partial charge in [-0.05, 0) is 166 Å². The van der Waals surface area contributed by atoms with Gasteiger partial charge in [-0.25, -0.2) is 0 Å². The van der Waals surface area contributed by atoms with E-state index in [9.17, 15) is 14.7 Å². The minimum atomic E-state index is -0.635. The minimum absolute atomic E-state index is 0.114. The average molecular weight is 602 g/mol. The Bertz CT molecular complexity index is 1290. The van der Waals surface area contributed by atoms with Crippen LogP contribution < -0.4 is 5.32 Å². The summed E-state index contributed by atoms with van der Waals surface area (Å²) in [6.07, 6.45) is 20.9. The summed E-state index contributed by atoms with van der Waals surface area (Å²) in [5.41, 5.74) is 6.66. The highest BCUT2D eigenvalue weighted by molar-refractivity contribution is 6.00. The lowest BCUT2D eigenvalue weighted by Crippen LogP contribution is -2.59. The molecule has 4 heteroatoms. The summed E-state index contributed by atoms with van der Waals surface area (Å²) in [7, 11) is 0. The van der Waals surface area contributed by atoms with E-state index in [-0.39, 0.29) is 11.3 Å². The molecule has 2 N–H and O–H groups in total. The quantitative estimate of drug-likeness (QED) is 0.273. The molecule has 0 aromatic heterocycles. The summed E-state index contributed by atoms with van der Waals surface area (Å²) in [4.78, 5) is 25.3. The third-order valence-electron chi connectivity index (χ3n) is 15.0. The van der Waals surface area contributed by atoms with Crippen LogP contribution in [0.25, 0.3) is 0 Å². The molecule has 0 heterocycles. The molecule has 0 aromatic rings. The van der Waals surface area contributed by atoms with Crippen molar-refractivity contribution in [2.75, 3.05) is 13.1 Å². The van der Waals surface area contributed by atoms with E-state index < -0.39 is 5.97 Å². The number of nitrogens with one attached hydrogen (secondary N) is 1. The number of ketones is 1. The van der Waals surface area contributed by atoms with Crippen LogP contribution in [0.2, 0.25) is 0 Å². The number of allylic oxidation sites excluding steroid dienone is 6. The average Bonchev–Trinajstić information content (AvgIpc) is 3.75. The number of Topliss-reactive ketones (excluding diaryl/α,β-unsaturated/α-hetero) is 1. The number of rotatable bonds is 8. The van der Waals surface area contributed by atoms with Crippen LogP contribution in [0.1, 0.15) is 125 Å². The second-order valence-corrected chi connectivity index (χ2v) is 17.5. The summed E-state index contributed by atoms with van der Waals surface area (Å²) >= 11 is 0. The van der Waals surface area contributed by atoms with E-state index in [1.54, 1.807) is 11.1 Å². The van der Waals surface area contributed by atoms with Gasteiger partial charge in [0.05, 0.1) is 5.92 Å². The van der Waals surface area contributed by atoms with E-state index in [1.807, 2.05) is 0 Å². The Morgan fingerprint density at radius 3 is 2.45 bits per heavy atom. The second kappa shape index (κ2) is 11.2. The van der Waals surface area contributed by atoms with Crippen LogP contribution in [0.15, 0.2) is 34.4 Å². The number of carboxylic acid groups (broad SMARTS) is 1. The summed E-state index contributed by atoms with van der Waals surface area (Å²) < 4.78 is 0.